The first kappa shape index (κ1) is 76.0. The van der Waals surface area contributed by atoms with E-state index in [1.807, 2.05) is 119 Å². The number of benzene rings is 6. The van der Waals surface area contributed by atoms with Gasteiger partial charge in [-0.3, -0.25) is 28.8 Å². The van der Waals surface area contributed by atoms with Crippen LogP contribution in [0.25, 0.3) is 22.3 Å². The standard InChI is InChI=1S/C38H48INO5Si.C24H27NO5.C13H22INOSi/c1-24(2)32(21-36(42)44-23-33-30-15-11-9-13-28(30)29-14-10-12-16-31(29)33)37(43)40-25(3)35(41)20-26-17-18-27(34(39)19-26)22-45-46(7,8)38(4,5)6;1-14(2)20(23(27)25-15(3)24(28)29)12-22(26)30-13-21-18-10-6-4-8-16(18)17-9-5-7-11-19(17)21;1-13(2,3)17(4,5)16-9-10-6-7-11(15)8-12(10)14/h9-19,24-25,32-33H,20-23H2,1-8H3,(H,40,43);4-11,14-15,20-21H,12-13H2,1-3H3,(H,25,27)(H,28,29);6-8H,9,15H2,1-5H3/t25-,32-;15-,20-;/m00./s1. The van der Waals surface area contributed by atoms with Crippen LogP contribution in [0.1, 0.15) is 147 Å². The number of carboxylic acids is 1. The topological polar surface area (TPSA) is 210 Å². The molecular formula is C75H97I2N3O11Si2. The summed E-state index contributed by atoms with van der Waals surface area (Å²) in [6, 6.07) is 42.9. The zero-order chi connectivity index (χ0) is 68.9. The van der Waals surface area contributed by atoms with Crippen LogP contribution < -0.4 is 16.4 Å². The SMILES string of the molecule is CC(C)(C)[Si](C)(C)OCc1ccc(N)cc1I.CC(C)[C@H](CC(=O)OCC1c2ccccc2-c2ccccc21)C(=O)N[C@@H](C)C(=O)Cc1ccc(CO[Si](C)(C)C(C)(C)C)c(I)c1.CC(C)[C@H](CC(=O)OCC1c2ccccc2-c2ccccc21)C(=O)N[C@@H](C)C(=O)O. The molecule has 0 radical (unpaired) electrons. The fourth-order valence-corrected chi connectivity index (χ4v) is 13.9. The number of nitrogens with one attached hydrogen (secondary N) is 2. The third-order valence-electron chi connectivity index (χ3n) is 18.7. The Labute approximate surface area is 581 Å². The lowest BCUT2D eigenvalue weighted by Gasteiger charge is -2.36. The Balaban J connectivity index is 0.000000248. The summed E-state index contributed by atoms with van der Waals surface area (Å²) in [6.07, 6.45) is 0.0719. The largest absolute Gasteiger partial charge is 0.480 e. The third-order valence-corrected chi connectivity index (χ3v) is 29.7. The molecule has 6 aromatic rings. The van der Waals surface area contributed by atoms with E-state index in [4.69, 9.17) is 29.2 Å². The first-order valence-corrected chi connectivity index (χ1v) is 40.1. The molecule has 2 amide bonds. The third kappa shape index (κ3) is 20.5. The van der Waals surface area contributed by atoms with Crippen LogP contribution in [0.4, 0.5) is 5.69 Å². The number of aliphatic carboxylic acids is 1. The monoisotopic (exact) mass is 1530 g/mol. The van der Waals surface area contributed by atoms with Gasteiger partial charge in [0.1, 0.15) is 19.3 Å². The summed E-state index contributed by atoms with van der Waals surface area (Å²) in [6.45, 7) is 34.7. The maximum absolute atomic E-state index is 13.3. The first-order chi connectivity index (χ1) is 43.5. The number of carbonyl (C=O) groups is 6. The molecule has 14 nitrogen and oxygen atoms in total. The van der Waals surface area contributed by atoms with Gasteiger partial charge in [-0.2, -0.15) is 0 Å². The number of esters is 2. The minimum atomic E-state index is -1.87. The lowest BCUT2D eigenvalue weighted by molar-refractivity contribution is -0.148. The van der Waals surface area contributed by atoms with Crippen molar-refractivity contribution in [1.82, 2.24) is 10.6 Å². The van der Waals surface area contributed by atoms with Crippen molar-refractivity contribution in [3.63, 3.8) is 0 Å². The normalized spacial score (nSPS) is 14.2. The number of nitrogen functional groups attached to an aromatic ring is 1. The zero-order valence-electron chi connectivity index (χ0n) is 57.1. The summed E-state index contributed by atoms with van der Waals surface area (Å²) in [7, 11) is -3.53. The van der Waals surface area contributed by atoms with Crippen molar-refractivity contribution in [2.75, 3.05) is 18.9 Å². The Hall–Kier alpha value is -6.05. The van der Waals surface area contributed by atoms with Gasteiger partial charge < -0.3 is 39.8 Å². The molecule has 0 bridgehead atoms. The molecule has 2 aliphatic carbocycles. The van der Waals surface area contributed by atoms with Gasteiger partial charge in [-0.25, -0.2) is 0 Å². The van der Waals surface area contributed by atoms with Gasteiger partial charge >= 0.3 is 17.9 Å². The van der Waals surface area contributed by atoms with E-state index in [2.05, 4.69) is 166 Å². The van der Waals surface area contributed by atoms with Crippen LogP contribution in [0.2, 0.25) is 36.3 Å². The minimum absolute atomic E-state index is 0.0397. The second-order valence-corrected chi connectivity index (χ2v) is 40.2. The predicted molar refractivity (Wildman–Crippen MR) is 394 cm³/mol. The molecule has 4 atom stereocenters. The van der Waals surface area contributed by atoms with Crippen molar-refractivity contribution >= 4 is 103 Å². The summed E-state index contributed by atoms with van der Waals surface area (Å²) in [5.74, 6) is -4.42. The highest BCUT2D eigenvalue weighted by Crippen LogP contribution is 2.46. The van der Waals surface area contributed by atoms with E-state index >= 15 is 0 Å². The Bertz CT molecular complexity index is 3520. The van der Waals surface area contributed by atoms with Gasteiger partial charge in [-0.05, 0) is 187 Å². The quantitative estimate of drug-likeness (QED) is 0.0193. The number of ether oxygens (including phenoxy) is 2. The lowest BCUT2D eigenvalue weighted by Crippen LogP contribution is -2.44. The Morgan fingerprint density at radius 3 is 1.19 bits per heavy atom. The molecule has 0 saturated heterocycles. The number of carboxylic acid groups (broad SMARTS) is 1. The average Bonchev–Trinajstić information content (AvgIpc) is 1.65. The maximum atomic E-state index is 13.3. The van der Waals surface area contributed by atoms with Gasteiger partial charge in [0, 0.05) is 31.1 Å². The summed E-state index contributed by atoms with van der Waals surface area (Å²) >= 11 is 4.61. The molecular weight excluding hydrogens is 1430 g/mol. The number of rotatable bonds is 24. The van der Waals surface area contributed by atoms with Crippen LogP contribution in [0.5, 0.6) is 0 Å². The van der Waals surface area contributed by atoms with Crippen molar-refractivity contribution in [2.24, 2.45) is 23.7 Å². The molecule has 0 fully saturated rings. The smallest absolute Gasteiger partial charge is 0.325 e. The average molecular weight is 1530 g/mol. The molecule has 0 aliphatic heterocycles. The number of fused-ring (bicyclic) bond motifs is 6. The van der Waals surface area contributed by atoms with E-state index in [0.29, 0.717) is 13.2 Å². The van der Waals surface area contributed by atoms with E-state index in [9.17, 15) is 28.8 Å². The highest BCUT2D eigenvalue weighted by molar-refractivity contribution is 14.1. The summed E-state index contributed by atoms with van der Waals surface area (Å²) in [5.41, 5.74) is 18.9. The van der Waals surface area contributed by atoms with Crippen molar-refractivity contribution < 1.29 is 52.2 Å². The molecule has 5 N–H and O–H groups in total. The van der Waals surface area contributed by atoms with E-state index in [1.54, 1.807) is 6.92 Å². The molecule has 18 heteroatoms. The first-order valence-electron chi connectivity index (χ1n) is 32.1. The second kappa shape index (κ2) is 33.1. The van der Waals surface area contributed by atoms with Crippen LogP contribution in [0.3, 0.4) is 0 Å². The van der Waals surface area contributed by atoms with Crippen LogP contribution >= 0.6 is 45.2 Å². The number of amides is 2. The Morgan fingerprint density at radius 1 is 0.516 bits per heavy atom. The number of anilines is 1. The molecule has 8 rings (SSSR count). The number of halogens is 2. The van der Waals surface area contributed by atoms with Crippen molar-refractivity contribution in [3.05, 3.63) is 180 Å². The van der Waals surface area contributed by atoms with E-state index < -0.39 is 64.4 Å². The number of nitrogens with two attached hydrogens (primary N) is 1. The van der Waals surface area contributed by atoms with Gasteiger partial charge in [0.25, 0.3) is 0 Å². The highest BCUT2D eigenvalue weighted by atomic mass is 127. The van der Waals surface area contributed by atoms with Gasteiger partial charge in [0.05, 0.1) is 43.9 Å². The van der Waals surface area contributed by atoms with Crippen LogP contribution in [0.15, 0.2) is 133 Å². The number of carbonyl (C=O) groups excluding carboxylic acids is 5. The molecule has 0 spiro atoms. The van der Waals surface area contributed by atoms with Crippen LogP contribution in [-0.4, -0.2) is 82.5 Å². The Kier molecular flexibility index (Phi) is 27.0. The lowest BCUT2D eigenvalue weighted by atomic mass is 9.91. The Morgan fingerprint density at radius 2 is 0.860 bits per heavy atom. The summed E-state index contributed by atoms with van der Waals surface area (Å²) < 4.78 is 26.2. The van der Waals surface area contributed by atoms with Crippen LogP contribution in [-0.2, 0) is 66.7 Å². The molecule has 0 heterocycles. The molecule has 0 aromatic heterocycles. The summed E-state index contributed by atoms with van der Waals surface area (Å²) in [5, 5.41) is 14.7. The van der Waals surface area contributed by atoms with Gasteiger partial charge in [0.2, 0.25) is 11.8 Å². The van der Waals surface area contributed by atoms with Gasteiger partial charge in [0.15, 0.2) is 22.4 Å². The number of hydrogen-bond acceptors (Lipinski definition) is 11. The number of hydrogen-bond donors (Lipinski definition) is 4. The van der Waals surface area contributed by atoms with E-state index in [-0.39, 0.29) is 77.9 Å². The molecule has 0 unspecified atom stereocenters. The number of Topliss-reactive ketones (excluding diaryl/α,β-unsaturated/α-hetero) is 1. The van der Waals surface area contributed by atoms with Gasteiger partial charge in [-0.1, -0.05) is 184 Å². The van der Waals surface area contributed by atoms with Crippen molar-refractivity contribution in [3.8, 4) is 22.3 Å². The van der Waals surface area contributed by atoms with Crippen molar-refractivity contribution in [1.29, 1.82) is 0 Å². The minimum Gasteiger partial charge on any atom is -0.480 e. The van der Waals surface area contributed by atoms with Crippen LogP contribution in [0, 0.1) is 30.8 Å². The zero-order valence-corrected chi connectivity index (χ0v) is 63.4. The molecule has 6 aromatic carbocycles. The van der Waals surface area contributed by atoms with Gasteiger partial charge in [-0.15, -0.1) is 0 Å². The van der Waals surface area contributed by atoms with E-state index in [0.717, 1.165) is 53.8 Å². The maximum Gasteiger partial charge on any atom is 0.325 e. The molecule has 0 saturated carbocycles. The molecule has 500 valence electrons. The highest BCUT2D eigenvalue weighted by Gasteiger charge is 2.39. The fraction of sp³-hybridized carbons (Fsp3) is 0.440. The fourth-order valence-electron chi connectivity index (χ4n) is 10.6. The molecule has 93 heavy (non-hydrogen) atoms. The predicted octanol–water partition coefficient (Wildman–Crippen LogP) is 16.4. The van der Waals surface area contributed by atoms with Crippen molar-refractivity contribution in [2.45, 2.75) is 176 Å². The summed E-state index contributed by atoms with van der Waals surface area (Å²) in [4.78, 5) is 75.5. The second-order valence-electron chi connectivity index (χ2n) is 28.2. The van der Waals surface area contributed by atoms with E-state index in [1.165, 1.54) is 27.2 Å². The number of ketones is 1. The molecule has 2 aliphatic rings.